The van der Waals surface area contributed by atoms with Crippen LogP contribution in [-0.2, 0) is 18.9 Å². The number of para-hydroxylation sites is 1. The van der Waals surface area contributed by atoms with Gasteiger partial charge in [-0.1, -0.05) is 24.3 Å². The highest BCUT2D eigenvalue weighted by Crippen LogP contribution is 2.35. The van der Waals surface area contributed by atoms with Crippen molar-refractivity contribution >= 4 is 50.9 Å². The van der Waals surface area contributed by atoms with Crippen LogP contribution < -0.4 is 5.46 Å². The molecule has 0 radical (unpaired) electrons. The molecule has 0 N–H and O–H groups in total. The highest BCUT2D eigenvalue weighted by molar-refractivity contribution is 9.10. The topological polar surface area (TPSA) is 65.5 Å². The molecule has 3 heterocycles. The first-order valence-electron chi connectivity index (χ1n) is 6.91. The van der Waals surface area contributed by atoms with Crippen molar-refractivity contribution in [1.82, 2.24) is 4.98 Å². The Bertz CT molecular complexity index is 821. The minimum atomic E-state index is -2.27. The number of fused-ring (bicyclic) bond motifs is 2. The molecule has 2 aromatic rings. The summed E-state index contributed by atoms with van der Waals surface area (Å²) in [4.78, 5) is 28.2. The van der Waals surface area contributed by atoms with Crippen molar-refractivity contribution in [3.8, 4) is 0 Å². The molecule has 0 atom stereocenters. The predicted molar refractivity (Wildman–Crippen MR) is 82.9 cm³/mol. The molecule has 0 unspecified atom stereocenters. The van der Waals surface area contributed by atoms with Gasteiger partial charge in [0.05, 0.1) is 10.1 Å². The number of halogens is 1. The number of nitrogens with zero attached hydrogens (tertiary/aromatic N) is 2. The summed E-state index contributed by atoms with van der Waals surface area (Å²) in [6.07, 6.45) is 0. The van der Waals surface area contributed by atoms with E-state index in [2.05, 4.69) is 20.9 Å². The van der Waals surface area contributed by atoms with E-state index in [1.807, 2.05) is 30.3 Å². The number of hydrogen-bond acceptors (Lipinski definition) is 5. The molecule has 0 saturated carbocycles. The van der Waals surface area contributed by atoms with Gasteiger partial charge in [0.25, 0.3) is 0 Å². The number of pyridine rings is 1. The van der Waals surface area contributed by atoms with Crippen molar-refractivity contribution in [2.24, 2.45) is 0 Å². The third-order valence-electron chi connectivity index (χ3n) is 4.48. The molecule has 22 heavy (non-hydrogen) atoms. The van der Waals surface area contributed by atoms with Crippen molar-refractivity contribution in [3.63, 3.8) is 0 Å². The van der Waals surface area contributed by atoms with Crippen LogP contribution in [0.3, 0.4) is 0 Å². The van der Waals surface area contributed by atoms with Crippen LogP contribution in [0.1, 0.15) is 0 Å². The largest absolute Gasteiger partial charge is 0.617 e. The fourth-order valence-electron chi connectivity index (χ4n) is 3.42. The summed E-state index contributed by atoms with van der Waals surface area (Å²) in [5.41, 5.74) is 1.42. The predicted octanol–water partition coefficient (Wildman–Crippen LogP) is 0.703. The van der Waals surface area contributed by atoms with Crippen LogP contribution in [0.25, 0.3) is 10.9 Å². The molecular formula is C14H12BBrN2O4. The zero-order valence-electron chi connectivity index (χ0n) is 11.8. The molecule has 2 saturated heterocycles. The van der Waals surface area contributed by atoms with Crippen molar-refractivity contribution < 1.29 is 23.3 Å². The van der Waals surface area contributed by atoms with Crippen LogP contribution in [0.4, 0.5) is 0 Å². The summed E-state index contributed by atoms with van der Waals surface area (Å²) < 4.78 is 11.7. The lowest BCUT2D eigenvalue weighted by Crippen LogP contribution is -2.67. The highest BCUT2D eigenvalue weighted by Gasteiger charge is 2.67. The van der Waals surface area contributed by atoms with E-state index in [0.29, 0.717) is 10.1 Å². The molecule has 0 amide bonds. The number of quaternary nitrogens is 1. The van der Waals surface area contributed by atoms with Crippen LogP contribution >= 0.6 is 15.9 Å². The quantitative estimate of drug-likeness (QED) is 0.552. The first-order chi connectivity index (χ1) is 10.4. The van der Waals surface area contributed by atoms with Gasteiger partial charge in [-0.3, -0.25) is 9.59 Å². The maximum Gasteiger partial charge on any atom is 0.617 e. The standard InChI is InChI=1S/C14H12BBrN2O4/c1-18-7-12(19)21-15(18,22-13(20)8-18)10-6-9-4-2-3-5-11(9)17-14(10)16/h2-6H,7-8H2,1H3. The summed E-state index contributed by atoms with van der Waals surface area (Å²) in [6, 6.07) is 9.49. The van der Waals surface area contributed by atoms with Crippen LogP contribution in [0, 0.1) is 0 Å². The highest BCUT2D eigenvalue weighted by atomic mass is 79.9. The van der Waals surface area contributed by atoms with Gasteiger partial charge >= 0.3 is 18.6 Å². The second kappa shape index (κ2) is 4.30. The van der Waals surface area contributed by atoms with E-state index in [4.69, 9.17) is 9.31 Å². The first kappa shape index (κ1) is 13.7. The minimum Gasteiger partial charge on any atom is -0.596 e. The van der Waals surface area contributed by atoms with Crippen LogP contribution in [0.2, 0.25) is 0 Å². The smallest absolute Gasteiger partial charge is 0.596 e. The Morgan fingerprint density at radius 1 is 1.18 bits per heavy atom. The zero-order chi connectivity index (χ0) is 15.5. The van der Waals surface area contributed by atoms with Crippen LogP contribution in [0.15, 0.2) is 34.9 Å². The second-order valence-electron chi connectivity index (χ2n) is 6.01. The summed E-state index contributed by atoms with van der Waals surface area (Å²) in [5.74, 6) is -0.731. The van der Waals surface area contributed by atoms with Crippen molar-refractivity contribution in [1.29, 1.82) is 0 Å². The maximum atomic E-state index is 11.9. The molecule has 2 aliphatic rings. The van der Waals surface area contributed by atoms with Crippen LogP contribution in [-0.4, -0.2) is 48.1 Å². The SMILES string of the molecule is C[N+]12CC(=O)O[B-]1(c1cc3ccccc3nc1Br)OC(=O)C2. The summed E-state index contributed by atoms with van der Waals surface area (Å²) in [5, 5.41) is 0.898. The molecule has 1 aromatic carbocycles. The normalized spacial score (nSPS) is 30.3. The fraction of sp³-hybridized carbons (Fsp3) is 0.214. The number of hydrogen-bond donors (Lipinski definition) is 0. The number of likely N-dealkylation sites (N-methyl/N-ethyl adjacent to an activating group) is 1. The molecular weight excluding hydrogens is 351 g/mol. The third kappa shape index (κ3) is 1.68. The van der Waals surface area contributed by atoms with Gasteiger partial charge in [0, 0.05) is 7.05 Å². The van der Waals surface area contributed by atoms with Gasteiger partial charge in [-0.2, -0.15) is 0 Å². The average molecular weight is 363 g/mol. The Kier molecular flexibility index (Phi) is 2.68. The number of rotatable bonds is 1. The lowest BCUT2D eigenvalue weighted by molar-refractivity contribution is -0.791. The van der Waals surface area contributed by atoms with E-state index >= 15 is 0 Å². The minimum absolute atomic E-state index is 0.107. The van der Waals surface area contributed by atoms with Gasteiger partial charge in [0.15, 0.2) is 0 Å². The lowest BCUT2D eigenvalue weighted by Gasteiger charge is -2.40. The average Bonchev–Trinajstić information content (AvgIpc) is 2.81. The molecule has 4 rings (SSSR count). The van der Waals surface area contributed by atoms with E-state index in [9.17, 15) is 9.59 Å². The fourth-order valence-corrected chi connectivity index (χ4v) is 4.02. The van der Waals surface area contributed by atoms with Gasteiger partial charge in [-0.25, -0.2) is 4.98 Å². The third-order valence-corrected chi connectivity index (χ3v) is 5.12. The first-order valence-corrected chi connectivity index (χ1v) is 7.71. The lowest BCUT2D eigenvalue weighted by atomic mass is 9.61. The molecule has 0 aliphatic carbocycles. The number of benzene rings is 1. The van der Waals surface area contributed by atoms with Gasteiger partial charge in [0.2, 0.25) is 0 Å². The molecule has 1 aromatic heterocycles. The Hall–Kier alpha value is -1.93. The molecule has 0 bridgehead atoms. The monoisotopic (exact) mass is 362 g/mol. The summed E-state index contributed by atoms with van der Waals surface area (Å²) >= 11 is 3.43. The van der Waals surface area contributed by atoms with Gasteiger partial charge in [0.1, 0.15) is 13.1 Å². The van der Waals surface area contributed by atoms with Gasteiger partial charge in [-0.05, 0) is 32.8 Å². The Morgan fingerprint density at radius 3 is 2.50 bits per heavy atom. The molecule has 2 aliphatic heterocycles. The van der Waals surface area contributed by atoms with E-state index in [1.54, 1.807) is 7.05 Å². The number of carbonyl (C=O) groups excluding carboxylic acids is 2. The van der Waals surface area contributed by atoms with Crippen molar-refractivity contribution in [2.45, 2.75) is 0 Å². The number of carbonyl (C=O) groups is 2. The zero-order valence-corrected chi connectivity index (χ0v) is 13.4. The molecule has 2 fully saturated rings. The number of aromatic nitrogens is 1. The summed E-state index contributed by atoms with van der Waals surface area (Å²) in [7, 11) is 1.80. The van der Waals surface area contributed by atoms with E-state index in [0.717, 1.165) is 10.9 Å². The Balaban J connectivity index is 1.98. The van der Waals surface area contributed by atoms with E-state index in [-0.39, 0.29) is 29.4 Å². The molecule has 112 valence electrons. The van der Waals surface area contributed by atoms with E-state index in [1.165, 1.54) is 0 Å². The summed E-state index contributed by atoms with van der Waals surface area (Å²) in [6.45, 7) is -2.03. The van der Waals surface area contributed by atoms with Crippen molar-refractivity contribution in [2.75, 3.05) is 20.1 Å². The Labute approximate surface area is 134 Å². The van der Waals surface area contributed by atoms with Gasteiger partial charge in [-0.15, -0.1) is 0 Å². The van der Waals surface area contributed by atoms with Crippen LogP contribution in [0.5, 0.6) is 0 Å². The van der Waals surface area contributed by atoms with Gasteiger partial charge < -0.3 is 13.7 Å². The molecule has 0 spiro atoms. The van der Waals surface area contributed by atoms with Crippen molar-refractivity contribution in [3.05, 3.63) is 34.9 Å². The maximum absolute atomic E-state index is 11.9. The van der Waals surface area contributed by atoms with E-state index < -0.39 is 6.69 Å². The molecule has 8 heteroatoms. The second-order valence-corrected chi connectivity index (χ2v) is 6.76. The molecule has 6 nitrogen and oxygen atoms in total. The Morgan fingerprint density at radius 2 is 1.82 bits per heavy atom.